The highest BCUT2D eigenvalue weighted by Gasteiger charge is 1.98. The Morgan fingerprint density at radius 1 is 1.53 bits per heavy atom. The molecule has 1 amide bonds. The third kappa shape index (κ3) is 4.85. The third-order valence-electron chi connectivity index (χ3n) is 1.99. The lowest BCUT2D eigenvalue weighted by atomic mass is 10.2. The van der Waals surface area contributed by atoms with Crippen molar-refractivity contribution in [2.45, 2.75) is 19.1 Å². The van der Waals surface area contributed by atoms with Crippen molar-refractivity contribution in [2.75, 3.05) is 5.75 Å². The van der Waals surface area contributed by atoms with Crippen molar-refractivity contribution < 1.29 is 4.79 Å². The van der Waals surface area contributed by atoms with Crippen molar-refractivity contribution in [3.8, 4) is 0 Å². The zero-order valence-corrected chi connectivity index (χ0v) is 9.64. The number of benzene rings is 1. The van der Waals surface area contributed by atoms with Gasteiger partial charge in [-0.2, -0.15) is 11.8 Å². The summed E-state index contributed by atoms with van der Waals surface area (Å²) in [6.07, 6.45) is 0.479. The predicted molar refractivity (Wildman–Crippen MR) is 64.3 cm³/mol. The number of nitrogens with two attached hydrogens (primary N) is 1. The molecule has 1 rings (SSSR count). The average Bonchev–Trinajstić information content (AvgIpc) is 2.24. The number of thioether (sulfide) groups is 1. The van der Waals surface area contributed by atoms with Crippen molar-refractivity contribution >= 4 is 17.7 Å². The van der Waals surface area contributed by atoms with Crippen LogP contribution in [0.4, 0.5) is 0 Å². The van der Waals surface area contributed by atoms with E-state index in [0.717, 1.165) is 11.5 Å². The SMILES string of the molecule is Cc1cccc(CSCCC(=O)NN)c1. The number of hydrogen-bond donors (Lipinski definition) is 2. The molecule has 0 heterocycles. The summed E-state index contributed by atoms with van der Waals surface area (Å²) in [6.45, 7) is 2.08. The molecule has 0 bridgehead atoms. The second-order valence-corrected chi connectivity index (χ2v) is 4.46. The first-order chi connectivity index (χ1) is 7.22. The van der Waals surface area contributed by atoms with Crippen LogP contribution >= 0.6 is 11.8 Å². The van der Waals surface area contributed by atoms with Crippen LogP contribution in [0.25, 0.3) is 0 Å². The summed E-state index contributed by atoms with van der Waals surface area (Å²) in [5.74, 6) is 6.62. The third-order valence-corrected chi connectivity index (χ3v) is 3.02. The number of rotatable bonds is 5. The second kappa shape index (κ2) is 6.48. The normalized spacial score (nSPS) is 10.0. The lowest BCUT2D eigenvalue weighted by Crippen LogP contribution is -2.30. The van der Waals surface area contributed by atoms with Crippen LogP contribution in [0.5, 0.6) is 0 Å². The Morgan fingerprint density at radius 2 is 2.33 bits per heavy atom. The Hall–Kier alpha value is -1.00. The molecular formula is C11H16N2OS. The topological polar surface area (TPSA) is 55.1 Å². The molecule has 0 fully saturated rings. The molecule has 3 nitrogen and oxygen atoms in total. The van der Waals surface area contributed by atoms with E-state index in [1.807, 2.05) is 0 Å². The van der Waals surface area contributed by atoms with Crippen molar-refractivity contribution in [2.24, 2.45) is 5.84 Å². The molecule has 0 aromatic heterocycles. The quantitative estimate of drug-likeness (QED) is 0.346. The van der Waals surface area contributed by atoms with E-state index < -0.39 is 0 Å². The summed E-state index contributed by atoms with van der Waals surface area (Å²) >= 11 is 1.74. The summed E-state index contributed by atoms with van der Waals surface area (Å²) in [7, 11) is 0. The Kier molecular flexibility index (Phi) is 5.21. The van der Waals surface area contributed by atoms with Gasteiger partial charge in [-0.05, 0) is 12.5 Å². The number of hydrogen-bond acceptors (Lipinski definition) is 3. The van der Waals surface area contributed by atoms with Gasteiger partial charge in [-0.25, -0.2) is 5.84 Å². The lowest BCUT2D eigenvalue weighted by Gasteiger charge is -2.02. The van der Waals surface area contributed by atoms with Crippen LogP contribution in [-0.2, 0) is 10.5 Å². The molecule has 0 radical (unpaired) electrons. The zero-order chi connectivity index (χ0) is 11.1. The number of hydrazine groups is 1. The molecule has 3 N–H and O–H groups in total. The van der Waals surface area contributed by atoms with Gasteiger partial charge in [0.2, 0.25) is 5.91 Å². The van der Waals surface area contributed by atoms with E-state index in [-0.39, 0.29) is 5.91 Å². The Balaban J connectivity index is 2.23. The molecule has 0 spiro atoms. The van der Waals surface area contributed by atoms with Gasteiger partial charge in [-0.3, -0.25) is 10.2 Å². The molecule has 0 saturated heterocycles. The number of amides is 1. The van der Waals surface area contributed by atoms with Crippen molar-refractivity contribution in [3.63, 3.8) is 0 Å². The van der Waals surface area contributed by atoms with Gasteiger partial charge in [0, 0.05) is 17.9 Å². The van der Waals surface area contributed by atoms with Gasteiger partial charge < -0.3 is 0 Å². The number of carbonyl (C=O) groups excluding carboxylic acids is 1. The second-order valence-electron chi connectivity index (χ2n) is 3.36. The zero-order valence-electron chi connectivity index (χ0n) is 8.82. The summed E-state index contributed by atoms with van der Waals surface area (Å²) in [5.41, 5.74) is 4.69. The van der Waals surface area contributed by atoms with Gasteiger partial charge in [0.25, 0.3) is 0 Å². The van der Waals surface area contributed by atoms with E-state index in [1.54, 1.807) is 11.8 Å². The Labute approximate surface area is 94.4 Å². The van der Waals surface area contributed by atoms with E-state index in [1.165, 1.54) is 11.1 Å². The molecule has 0 atom stereocenters. The van der Waals surface area contributed by atoms with Crippen molar-refractivity contribution in [1.82, 2.24) is 5.43 Å². The first-order valence-corrected chi connectivity index (χ1v) is 6.00. The summed E-state index contributed by atoms with van der Waals surface area (Å²) in [5, 5.41) is 0. The molecule has 1 aromatic rings. The van der Waals surface area contributed by atoms with Gasteiger partial charge in [-0.1, -0.05) is 29.8 Å². The van der Waals surface area contributed by atoms with Gasteiger partial charge in [-0.15, -0.1) is 0 Å². The van der Waals surface area contributed by atoms with Crippen LogP contribution in [-0.4, -0.2) is 11.7 Å². The molecule has 82 valence electrons. The van der Waals surface area contributed by atoms with E-state index in [2.05, 4.69) is 36.6 Å². The first-order valence-electron chi connectivity index (χ1n) is 4.85. The van der Waals surface area contributed by atoms with E-state index >= 15 is 0 Å². The fourth-order valence-electron chi connectivity index (χ4n) is 1.23. The van der Waals surface area contributed by atoms with Crippen LogP contribution in [0.2, 0.25) is 0 Å². The van der Waals surface area contributed by atoms with Crippen LogP contribution in [0.1, 0.15) is 17.5 Å². The molecule has 0 aliphatic rings. The smallest absolute Gasteiger partial charge is 0.234 e. The van der Waals surface area contributed by atoms with E-state index in [0.29, 0.717) is 6.42 Å². The maximum atomic E-state index is 10.8. The molecule has 4 heteroatoms. The summed E-state index contributed by atoms with van der Waals surface area (Å²) in [4.78, 5) is 10.8. The van der Waals surface area contributed by atoms with E-state index in [9.17, 15) is 4.79 Å². The monoisotopic (exact) mass is 224 g/mol. The first kappa shape index (κ1) is 12.1. The molecule has 0 unspecified atom stereocenters. The van der Waals surface area contributed by atoms with Gasteiger partial charge in [0.1, 0.15) is 0 Å². The molecular weight excluding hydrogens is 208 g/mol. The summed E-state index contributed by atoms with van der Waals surface area (Å²) in [6, 6.07) is 8.40. The Morgan fingerprint density at radius 3 is 3.00 bits per heavy atom. The highest BCUT2D eigenvalue weighted by Crippen LogP contribution is 2.13. The minimum Gasteiger partial charge on any atom is -0.294 e. The highest BCUT2D eigenvalue weighted by molar-refractivity contribution is 7.98. The van der Waals surface area contributed by atoms with Gasteiger partial charge >= 0.3 is 0 Å². The molecule has 1 aromatic carbocycles. The van der Waals surface area contributed by atoms with Crippen molar-refractivity contribution in [1.29, 1.82) is 0 Å². The van der Waals surface area contributed by atoms with Crippen LogP contribution in [0, 0.1) is 6.92 Å². The standard InChI is InChI=1S/C11H16N2OS/c1-9-3-2-4-10(7-9)8-15-6-5-11(14)13-12/h2-4,7H,5-6,8,12H2,1H3,(H,13,14). The lowest BCUT2D eigenvalue weighted by molar-refractivity contribution is -0.120. The minimum absolute atomic E-state index is 0.105. The molecule has 0 saturated carbocycles. The predicted octanol–water partition coefficient (Wildman–Crippen LogP) is 1.61. The summed E-state index contributed by atoms with van der Waals surface area (Å²) < 4.78 is 0. The largest absolute Gasteiger partial charge is 0.294 e. The van der Waals surface area contributed by atoms with Crippen LogP contribution in [0.3, 0.4) is 0 Å². The average molecular weight is 224 g/mol. The fraction of sp³-hybridized carbons (Fsp3) is 0.364. The van der Waals surface area contributed by atoms with Gasteiger partial charge in [0.05, 0.1) is 0 Å². The highest BCUT2D eigenvalue weighted by atomic mass is 32.2. The maximum absolute atomic E-state index is 10.8. The van der Waals surface area contributed by atoms with E-state index in [4.69, 9.17) is 5.84 Å². The molecule has 0 aliphatic carbocycles. The molecule has 15 heavy (non-hydrogen) atoms. The van der Waals surface area contributed by atoms with Crippen molar-refractivity contribution in [3.05, 3.63) is 35.4 Å². The van der Waals surface area contributed by atoms with Gasteiger partial charge in [0.15, 0.2) is 0 Å². The fourth-order valence-corrected chi connectivity index (χ4v) is 2.12. The number of carbonyl (C=O) groups is 1. The molecule has 0 aliphatic heterocycles. The maximum Gasteiger partial charge on any atom is 0.234 e. The van der Waals surface area contributed by atoms with Crippen LogP contribution in [0.15, 0.2) is 24.3 Å². The number of nitrogens with one attached hydrogen (secondary N) is 1. The Bertz CT molecular complexity index is 328. The minimum atomic E-state index is -0.105. The van der Waals surface area contributed by atoms with Crippen LogP contribution < -0.4 is 11.3 Å². The number of aryl methyl sites for hydroxylation is 1.